The van der Waals surface area contributed by atoms with Crippen molar-refractivity contribution >= 4 is 30.3 Å². The van der Waals surface area contributed by atoms with E-state index in [2.05, 4.69) is 4.99 Å². The number of nitrogens with zero attached hydrogens (tertiary/aromatic N) is 4. The Hall–Kier alpha value is -2.29. The first kappa shape index (κ1) is 19.0. The monoisotopic (exact) mass is 389 g/mol. The molecule has 28 heavy (non-hydrogen) atoms. The van der Waals surface area contributed by atoms with E-state index in [-0.39, 0.29) is 35.8 Å². The maximum atomic E-state index is 12.5. The minimum Gasteiger partial charge on any atom is -0.387 e. The molecule has 0 aromatic rings. The van der Waals surface area contributed by atoms with Crippen LogP contribution in [-0.4, -0.2) is 85.0 Å². The zero-order chi connectivity index (χ0) is 19.7. The number of nitrogens with two attached hydrogens (primary N) is 1. The van der Waals surface area contributed by atoms with Gasteiger partial charge in [-0.05, 0) is 25.7 Å². The van der Waals surface area contributed by atoms with Crippen molar-refractivity contribution in [2.45, 2.75) is 37.8 Å². The molecule has 4 rings (SSSR count). The number of amidine groups is 1. The lowest BCUT2D eigenvalue weighted by atomic mass is 9.72. The lowest BCUT2D eigenvalue weighted by molar-refractivity contribution is -0.142. The van der Waals surface area contributed by atoms with Crippen LogP contribution in [0.25, 0.3) is 0 Å². The van der Waals surface area contributed by atoms with Gasteiger partial charge >= 0.3 is 0 Å². The standard InChI is InChI=1S/C19H27N5O4/c20-17-14-8-12(10-25)13(11-26)9-15(14)21-19(22-17)24-5-3-23(4-6-24)18(27)16-2-1-7-28-16/h10-16H,1-9H2,(H2,20,21,22). The highest BCUT2D eigenvalue weighted by atomic mass is 16.5. The topological polar surface area (TPSA) is 118 Å². The van der Waals surface area contributed by atoms with Crippen LogP contribution in [0.1, 0.15) is 25.7 Å². The third-order valence-corrected chi connectivity index (χ3v) is 6.37. The molecule has 4 aliphatic rings. The van der Waals surface area contributed by atoms with Gasteiger partial charge < -0.3 is 29.9 Å². The lowest BCUT2D eigenvalue weighted by Crippen LogP contribution is -2.54. The van der Waals surface area contributed by atoms with E-state index in [9.17, 15) is 14.4 Å². The van der Waals surface area contributed by atoms with Crippen LogP contribution in [0.3, 0.4) is 0 Å². The first-order valence-corrected chi connectivity index (χ1v) is 10.1. The molecule has 1 aliphatic carbocycles. The molecule has 9 heteroatoms. The quantitative estimate of drug-likeness (QED) is 0.647. The van der Waals surface area contributed by atoms with Gasteiger partial charge in [-0.2, -0.15) is 0 Å². The summed E-state index contributed by atoms with van der Waals surface area (Å²) in [4.78, 5) is 48.3. The highest BCUT2D eigenvalue weighted by molar-refractivity contribution is 5.99. The van der Waals surface area contributed by atoms with Crippen LogP contribution < -0.4 is 5.73 Å². The van der Waals surface area contributed by atoms with Crippen molar-refractivity contribution in [3.05, 3.63) is 0 Å². The van der Waals surface area contributed by atoms with Gasteiger partial charge in [-0.1, -0.05) is 0 Å². The molecule has 0 spiro atoms. The van der Waals surface area contributed by atoms with Crippen LogP contribution in [0, 0.1) is 17.8 Å². The van der Waals surface area contributed by atoms with Crippen LogP contribution in [0.4, 0.5) is 0 Å². The minimum absolute atomic E-state index is 0.0758. The van der Waals surface area contributed by atoms with Crippen LogP contribution in [-0.2, 0) is 19.1 Å². The van der Waals surface area contributed by atoms with Crippen molar-refractivity contribution in [3.8, 4) is 0 Å². The van der Waals surface area contributed by atoms with Crippen molar-refractivity contribution in [2.24, 2.45) is 33.5 Å². The van der Waals surface area contributed by atoms with Gasteiger partial charge in [0.05, 0.1) is 6.04 Å². The number of rotatable bonds is 3. The summed E-state index contributed by atoms with van der Waals surface area (Å²) in [5.41, 5.74) is 6.21. The van der Waals surface area contributed by atoms with Crippen molar-refractivity contribution < 1.29 is 19.1 Å². The van der Waals surface area contributed by atoms with Crippen molar-refractivity contribution in [1.82, 2.24) is 9.80 Å². The van der Waals surface area contributed by atoms with Gasteiger partial charge in [0.2, 0.25) is 5.96 Å². The molecule has 1 amide bonds. The number of piperazine rings is 1. The summed E-state index contributed by atoms with van der Waals surface area (Å²) < 4.78 is 5.50. The van der Waals surface area contributed by atoms with E-state index in [1.165, 1.54) is 0 Å². The Bertz CT molecular complexity index is 694. The molecule has 3 heterocycles. The number of carbonyl (C=O) groups excluding carboxylic acids is 3. The second-order valence-corrected chi connectivity index (χ2v) is 8.02. The van der Waals surface area contributed by atoms with E-state index in [4.69, 9.17) is 15.5 Å². The molecular formula is C19H27N5O4. The summed E-state index contributed by atoms with van der Waals surface area (Å²) in [7, 11) is 0. The molecule has 0 aromatic heterocycles. The third kappa shape index (κ3) is 3.55. The number of aliphatic imine (C=N–C) groups is 2. The molecule has 5 unspecified atom stereocenters. The number of fused-ring (bicyclic) bond motifs is 1. The number of ether oxygens (including phenoxy) is 1. The molecule has 2 N–H and O–H groups in total. The second kappa shape index (κ2) is 7.98. The largest absolute Gasteiger partial charge is 0.387 e. The van der Waals surface area contributed by atoms with Gasteiger partial charge in [-0.3, -0.25) is 4.79 Å². The molecule has 1 saturated carbocycles. The SMILES string of the molecule is NC1=NC(N2CCN(C(=O)C3CCCO3)CC2)=NC2CC(C=O)C(C=O)CC12. The van der Waals surface area contributed by atoms with E-state index in [1.807, 2.05) is 9.80 Å². The molecule has 0 radical (unpaired) electrons. The van der Waals surface area contributed by atoms with Crippen molar-refractivity contribution in [2.75, 3.05) is 32.8 Å². The summed E-state index contributed by atoms with van der Waals surface area (Å²) in [6.07, 6.45) is 4.21. The van der Waals surface area contributed by atoms with Gasteiger partial charge in [0.15, 0.2) is 0 Å². The fourth-order valence-corrected chi connectivity index (χ4v) is 4.65. The summed E-state index contributed by atoms with van der Waals surface area (Å²) >= 11 is 0. The Balaban J connectivity index is 1.40. The number of carbonyl (C=O) groups is 3. The predicted molar refractivity (Wildman–Crippen MR) is 102 cm³/mol. The highest BCUT2D eigenvalue weighted by Gasteiger charge is 2.41. The van der Waals surface area contributed by atoms with Gasteiger partial charge in [-0.25, -0.2) is 9.98 Å². The maximum absolute atomic E-state index is 12.5. The highest BCUT2D eigenvalue weighted by Crippen LogP contribution is 2.36. The number of aldehydes is 2. The lowest BCUT2D eigenvalue weighted by Gasteiger charge is -2.40. The Morgan fingerprint density at radius 1 is 1.11 bits per heavy atom. The Morgan fingerprint density at radius 3 is 2.46 bits per heavy atom. The average Bonchev–Trinajstić information content (AvgIpc) is 3.27. The van der Waals surface area contributed by atoms with E-state index in [0.717, 1.165) is 25.4 Å². The Kier molecular flexibility index (Phi) is 5.43. The number of hydrogen-bond donors (Lipinski definition) is 1. The molecule has 152 valence electrons. The molecular weight excluding hydrogens is 362 g/mol. The molecule has 0 bridgehead atoms. The van der Waals surface area contributed by atoms with E-state index in [0.29, 0.717) is 57.4 Å². The minimum atomic E-state index is -0.310. The van der Waals surface area contributed by atoms with Crippen LogP contribution >= 0.6 is 0 Å². The third-order valence-electron chi connectivity index (χ3n) is 6.37. The number of hydrogen-bond acceptors (Lipinski definition) is 8. The van der Waals surface area contributed by atoms with Crippen molar-refractivity contribution in [3.63, 3.8) is 0 Å². The van der Waals surface area contributed by atoms with Gasteiger partial charge in [0.25, 0.3) is 5.91 Å². The predicted octanol–water partition coefficient (Wildman–Crippen LogP) is -0.555. The fourth-order valence-electron chi connectivity index (χ4n) is 4.65. The summed E-state index contributed by atoms with van der Waals surface area (Å²) in [6, 6.07) is -0.120. The smallest absolute Gasteiger partial charge is 0.251 e. The molecule has 5 atom stereocenters. The average molecular weight is 389 g/mol. The second-order valence-electron chi connectivity index (χ2n) is 8.02. The first-order valence-electron chi connectivity index (χ1n) is 10.1. The Labute approximate surface area is 164 Å². The van der Waals surface area contributed by atoms with Gasteiger partial charge in [0.1, 0.15) is 24.5 Å². The zero-order valence-electron chi connectivity index (χ0n) is 15.9. The number of guanidine groups is 1. The number of amides is 1. The van der Waals surface area contributed by atoms with Crippen LogP contribution in [0.5, 0.6) is 0 Å². The first-order chi connectivity index (χ1) is 13.6. The van der Waals surface area contributed by atoms with Gasteiger partial charge in [0, 0.05) is 50.5 Å². The maximum Gasteiger partial charge on any atom is 0.251 e. The zero-order valence-corrected chi connectivity index (χ0v) is 15.9. The molecule has 2 saturated heterocycles. The molecule has 3 fully saturated rings. The summed E-state index contributed by atoms with van der Waals surface area (Å²) in [5.74, 6) is 0.442. The van der Waals surface area contributed by atoms with E-state index < -0.39 is 0 Å². The van der Waals surface area contributed by atoms with E-state index >= 15 is 0 Å². The fraction of sp³-hybridized carbons (Fsp3) is 0.737. The van der Waals surface area contributed by atoms with Gasteiger partial charge in [-0.15, -0.1) is 0 Å². The molecule has 0 aromatic carbocycles. The van der Waals surface area contributed by atoms with E-state index in [1.54, 1.807) is 0 Å². The normalized spacial score (nSPS) is 35.6. The molecule has 9 nitrogen and oxygen atoms in total. The summed E-state index contributed by atoms with van der Waals surface area (Å²) in [5, 5.41) is 0. The summed E-state index contributed by atoms with van der Waals surface area (Å²) in [6.45, 7) is 3.15. The van der Waals surface area contributed by atoms with Crippen molar-refractivity contribution in [1.29, 1.82) is 0 Å². The van der Waals surface area contributed by atoms with Crippen LogP contribution in [0.15, 0.2) is 9.98 Å². The Morgan fingerprint density at radius 2 is 1.82 bits per heavy atom. The molecule has 3 aliphatic heterocycles. The van der Waals surface area contributed by atoms with Crippen LogP contribution in [0.2, 0.25) is 0 Å².